The number of imide groups is 1. The molecule has 8 nitrogen and oxygen atoms in total. The van der Waals surface area contributed by atoms with Gasteiger partial charge in [0.25, 0.3) is 11.1 Å². The second-order valence-electron chi connectivity index (χ2n) is 7.76. The van der Waals surface area contributed by atoms with Gasteiger partial charge < -0.3 is 14.8 Å². The molecule has 4 rings (SSSR count). The fraction of sp³-hybridized carbons (Fsp3) is 0.111. The Morgan fingerprint density at radius 3 is 2.62 bits per heavy atom. The molecule has 3 aromatic carbocycles. The van der Waals surface area contributed by atoms with Crippen molar-refractivity contribution in [3.8, 4) is 17.6 Å². The second kappa shape index (κ2) is 11.6. The summed E-state index contributed by atoms with van der Waals surface area (Å²) in [5.74, 6) is -0.243. The Balaban J connectivity index is 1.44. The first kappa shape index (κ1) is 25.8. The third kappa shape index (κ3) is 6.12. The number of hydrogen-bond acceptors (Lipinski definition) is 7. The number of rotatable bonds is 8. The number of ether oxygens (including phenoxy) is 2. The molecule has 3 aromatic rings. The monoisotopic (exact) mass is 533 g/mol. The molecular weight excluding hydrogens is 514 g/mol. The highest BCUT2D eigenvalue weighted by molar-refractivity contribution is 8.18. The highest BCUT2D eigenvalue weighted by atomic mass is 35.5. The van der Waals surface area contributed by atoms with Crippen molar-refractivity contribution in [2.24, 2.45) is 0 Å². The standard InChI is InChI=1S/C27H20ClN3O5S/c1-35-23-12-17(10-11-22(23)36-16-19-7-3-2-6-18(19)14-29)13-24-26(33)31(27(34)37-24)15-25(32)30-21-9-5-4-8-20(21)28/h2-13H,15-16H2,1H3,(H,30,32)/b24-13+. The summed E-state index contributed by atoms with van der Waals surface area (Å²) in [4.78, 5) is 38.8. The van der Waals surface area contributed by atoms with E-state index < -0.39 is 23.6 Å². The van der Waals surface area contributed by atoms with Crippen LogP contribution >= 0.6 is 23.4 Å². The normalized spacial score (nSPS) is 14.0. The Labute approximate surface area is 222 Å². The third-order valence-corrected chi connectivity index (χ3v) is 6.57. The SMILES string of the molecule is COc1cc(/C=C2/SC(=O)N(CC(=O)Nc3ccccc3Cl)C2=O)ccc1OCc1ccccc1C#N. The maximum Gasteiger partial charge on any atom is 0.294 e. The minimum Gasteiger partial charge on any atom is -0.493 e. The van der Waals surface area contributed by atoms with E-state index in [0.29, 0.717) is 33.3 Å². The van der Waals surface area contributed by atoms with Crippen LogP contribution in [0.4, 0.5) is 10.5 Å². The number of carbonyl (C=O) groups is 3. The van der Waals surface area contributed by atoms with Crippen LogP contribution in [0.1, 0.15) is 16.7 Å². The number of nitrogens with one attached hydrogen (secondary N) is 1. The summed E-state index contributed by atoms with van der Waals surface area (Å²) in [6.45, 7) is -0.262. The topological polar surface area (TPSA) is 109 Å². The number of carbonyl (C=O) groups excluding carboxylic acids is 3. The van der Waals surface area contributed by atoms with Crippen LogP contribution in [0.15, 0.2) is 71.6 Å². The lowest BCUT2D eigenvalue weighted by Crippen LogP contribution is -2.36. The van der Waals surface area contributed by atoms with Gasteiger partial charge in [-0.25, -0.2) is 0 Å². The summed E-state index contributed by atoms with van der Waals surface area (Å²) in [6, 6.07) is 21.0. The number of nitrogens with zero attached hydrogens (tertiary/aromatic N) is 2. The van der Waals surface area contributed by atoms with Crippen molar-refractivity contribution >= 4 is 52.2 Å². The maximum atomic E-state index is 12.8. The van der Waals surface area contributed by atoms with Gasteiger partial charge in [-0.2, -0.15) is 5.26 Å². The van der Waals surface area contributed by atoms with Gasteiger partial charge in [-0.15, -0.1) is 0 Å². The van der Waals surface area contributed by atoms with E-state index in [1.807, 2.05) is 12.1 Å². The van der Waals surface area contributed by atoms with Crippen LogP contribution in [0.25, 0.3) is 6.08 Å². The van der Waals surface area contributed by atoms with Gasteiger partial charge in [-0.1, -0.05) is 48.0 Å². The first-order valence-corrected chi connectivity index (χ1v) is 12.2. The zero-order valence-electron chi connectivity index (χ0n) is 19.6. The maximum absolute atomic E-state index is 12.8. The van der Waals surface area contributed by atoms with E-state index in [1.54, 1.807) is 60.7 Å². The van der Waals surface area contributed by atoms with Gasteiger partial charge in [0.2, 0.25) is 5.91 Å². The lowest BCUT2D eigenvalue weighted by atomic mass is 10.1. The molecule has 186 valence electrons. The van der Waals surface area contributed by atoms with Gasteiger partial charge >= 0.3 is 0 Å². The summed E-state index contributed by atoms with van der Waals surface area (Å²) in [5.41, 5.74) is 2.26. The number of thioether (sulfide) groups is 1. The summed E-state index contributed by atoms with van der Waals surface area (Å²) in [6.07, 6.45) is 1.55. The molecule has 1 aliphatic heterocycles. The number of anilines is 1. The Kier molecular flexibility index (Phi) is 8.13. The van der Waals surface area contributed by atoms with Gasteiger partial charge in [0.15, 0.2) is 11.5 Å². The van der Waals surface area contributed by atoms with E-state index in [1.165, 1.54) is 7.11 Å². The molecule has 3 amide bonds. The van der Waals surface area contributed by atoms with Crippen LogP contribution in [0.3, 0.4) is 0 Å². The van der Waals surface area contributed by atoms with E-state index in [4.69, 9.17) is 21.1 Å². The fourth-order valence-corrected chi connectivity index (χ4v) is 4.51. The van der Waals surface area contributed by atoms with Gasteiger partial charge in [-0.05, 0) is 53.7 Å². The largest absolute Gasteiger partial charge is 0.493 e. The second-order valence-corrected chi connectivity index (χ2v) is 9.16. The lowest BCUT2D eigenvalue weighted by Gasteiger charge is -2.13. The molecule has 0 aromatic heterocycles. The molecule has 10 heteroatoms. The average Bonchev–Trinajstić information content (AvgIpc) is 3.16. The van der Waals surface area contributed by atoms with Crippen molar-refractivity contribution in [1.29, 1.82) is 5.26 Å². The van der Waals surface area contributed by atoms with E-state index in [9.17, 15) is 19.6 Å². The van der Waals surface area contributed by atoms with Crippen molar-refractivity contribution in [3.05, 3.63) is 93.3 Å². The van der Waals surface area contributed by atoms with Gasteiger partial charge in [0.05, 0.1) is 34.4 Å². The number of halogens is 1. The Bertz CT molecular complexity index is 1450. The first-order chi connectivity index (χ1) is 17.9. The summed E-state index contributed by atoms with van der Waals surface area (Å²) in [7, 11) is 1.49. The Hall–Kier alpha value is -4.26. The van der Waals surface area contributed by atoms with E-state index >= 15 is 0 Å². The number of methoxy groups -OCH3 is 1. The summed E-state index contributed by atoms with van der Waals surface area (Å²) >= 11 is 6.80. The molecule has 0 unspecified atom stereocenters. The average molecular weight is 534 g/mol. The zero-order valence-corrected chi connectivity index (χ0v) is 21.1. The van der Waals surface area contributed by atoms with Crippen LogP contribution in [0, 0.1) is 11.3 Å². The molecule has 1 fully saturated rings. The fourth-order valence-electron chi connectivity index (χ4n) is 3.49. The number of hydrogen-bond donors (Lipinski definition) is 1. The molecule has 1 saturated heterocycles. The van der Waals surface area contributed by atoms with Crippen LogP contribution in [0.5, 0.6) is 11.5 Å². The number of benzene rings is 3. The molecule has 0 aliphatic carbocycles. The molecule has 37 heavy (non-hydrogen) atoms. The van der Waals surface area contributed by atoms with Crippen molar-refractivity contribution < 1.29 is 23.9 Å². The van der Waals surface area contributed by atoms with Gasteiger partial charge in [0, 0.05) is 5.56 Å². The third-order valence-electron chi connectivity index (χ3n) is 5.33. The Morgan fingerprint density at radius 1 is 1.11 bits per heavy atom. The minimum atomic E-state index is -0.572. The lowest BCUT2D eigenvalue weighted by molar-refractivity contribution is -0.127. The highest BCUT2D eigenvalue weighted by Gasteiger charge is 2.36. The predicted octanol–water partition coefficient (Wildman–Crippen LogP) is 5.47. The molecule has 0 spiro atoms. The molecular formula is C27H20ClN3O5S. The van der Waals surface area contributed by atoms with E-state index in [2.05, 4.69) is 11.4 Å². The van der Waals surface area contributed by atoms with Gasteiger partial charge in [-0.3, -0.25) is 19.3 Å². The first-order valence-electron chi connectivity index (χ1n) is 11.0. The predicted molar refractivity (Wildman–Crippen MR) is 141 cm³/mol. The molecule has 0 radical (unpaired) electrons. The molecule has 0 bridgehead atoms. The van der Waals surface area contributed by atoms with E-state index in [0.717, 1.165) is 22.2 Å². The van der Waals surface area contributed by atoms with Crippen molar-refractivity contribution in [1.82, 2.24) is 4.90 Å². The number of amides is 3. The molecule has 0 saturated carbocycles. The van der Waals surface area contributed by atoms with Gasteiger partial charge in [0.1, 0.15) is 13.2 Å². The van der Waals surface area contributed by atoms with E-state index in [-0.39, 0.29) is 11.5 Å². The quantitative estimate of drug-likeness (QED) is 0.382. The van der Waals surface area contributed by atoms with Crippen LogP contribution in [-0.2, 0) is 16.2 Å². The molecule has 1 N–H and O–H groups in total. The Morgan fingerprint density at radius 2 is 1.86 bits per heavy atom. The van der Waals surface area contributed by atoms with Crippen molar-refractivity contribution in [2.75, 3.05) is 19.0 Å². The highest BCUT2D eigenvalue weighted by Crippen LogP contribution is 2.35. The zero-order chi connectivity index (χ0) is 26.4. The van der Waals surface area contributed by atoms with Crippen LogP contribution in [-0.4, -0.2) is 35.6 Å². The minimum absolute atomic E-state index is 0.175. The number of nitriles is 1. The van der Waals surface area contributed by atoms with Crippen LogP contribution < -0.4 is 14.8 Å². The summed E-state index contributed by atoms with van der Waals surface area (Å²) in [5, 5.41) is 11.7. The molecule has 0 atom stereocenters. The smallest absolute Gasteiger partial charge is 0.294 e. The molecule has 1 heterocycles. The molecule has 1 aliphatic rings. The van der Waals surface area contributed by atoms with Crippen molar-refractivity contribution in [2.45, 2.75) is 6.61 Å². The van der Waals surface area contributed by atoms with Crippen molar-refractivity contribution in [3.63, 3.8) is 0 Å². The van der Waals surface area contributed by atoms with Crippen LogP contribution in [0.2, 0.25) is 5.02 Å². The number of para-hydroxylation sites is 1. The summed E-state index contributed by atoms with van der Waals surface area (Å²) < 4.78 is 11.3.